The van der Waals surface area contributed by atoms with Crippen molar-refractivity contribution >= 4 is 26.0 Å². The number of allylic oxidation sites excluding steroid dienone is 1. The Kier molecular flexibility index (Phi) is 6.99. The smallest absolute Gasteiger partial charge is 0.417 e. The first-order chi connectivity index (χ1) is 11.4. The summed E-state index contributed by atoms with van der Waals surface area (Å²) in [6.45, 7) is 15.7. The van der Waals surface area contributed by atoms with Crippen LogP contribution in [0.4, 0.5) is 4.79 Å². The fourth-order valence-electron chi connectivity index (χ4n) is 2.51. The Morgan fingerprint density at radius 3 is 2.40 bits per heavy atom. The van der Waals surface area contributed by atoms with E-state index in [1.807, 2.05) is 0 Å². The van der Waals surface area contributed by atoms with Crippen LogP contribution in [-0.4, -0.2) is 49.2 Å². The fraction of sp³-hybridized carbons (Fsp3) is 0.722. The molecule has 1 rings (SSSR count). The highest BCUT2D eigenvalue weighted by Crippen LogP contribution is 2.30. The molecule has 2 amide bonds. The number of ether oxygens (including phenoxy) is 2. The zero-order valence-electron chi connectivity index (χ0n) is 16.3. The Labute approximate surface area is 151 Å². The molecular formula is C18H31NO5Si. The molecule has 25 heavy (non-hydrogen) atoms. The first kappa shape index (κ1) is 21.4. The molecule has 0 radical (unpaired) electrons. The predicted octanol–water partition coefficient (Wildman–Crippen LogP) is 3.60. The Balaban J connectivity index is 2.87. The number of carbonyl (C=O) groups is 3. The molecule has 0 N–H and O–H groups in total. The number of rotatable bonds is 6. The second kappa shape index (κ2) is 8.16. The monoisotopic (exact) mass is 369 g/mol. The van der Waals surface area contributed by atoms with Crippen molar-refractivity contribution < 1.29 is 23.9 Å². The van der Waals surface area contributed by atoms with Gasteiger partial charge in [-0.25, -0.2) is 14.5 Å². The van der Waals surface area contributed by atoms with E-state index in [0.717, 1.165) is 10.9 Å². The summed E-state index contributed by atoms with van der Waals surface area (Å²) >= 11 is 0. The highest BCUT2D eigenvalue weighted by Gasteiger charge is 2.48. The number of nitrogens with zero attached hydrogens (tertiary/aromatic N) is 1. The van der Waals surface area contributed by atoms with Crippen molar-refractivity contribution in [3.8, 4) is 0 Å². The van der Waals surface area contributed by atoms with E-state index in [9.17, 15) is 14.4 Å². The molecule has 142 valence electrons. The van der Waals surface area contributed by atoms with Gasteiger partial charge in [-0.3, -0.25) is 4.79 Å². The van der Waals surface area contributed by atoms with Crippen molar-refractivity contribution in [2.75, 3.05) is 6.61 Å². The number of imide groups is 1. The molecule has 0 aromatic rings. The lowest BCUT2D eigenvalue weighted by molar-refractivity contribution is -0.151. The quantitative estimate of drug-likeness (QED) is 0.406. The van der Waals surface area contributed by atoms with Crippen LogP contribution >= 0.6 is 0 Å². The van der Waals surface area contributed by atoms with Gasteiger partial charge in [-0.1, -0.05) is 25.7 Å². The minimum absolute atomic E-state index is 0.246. The van der Waals surface area contributed by atoms with Crippen LogP contribution in [0.3, 0.4) is 0 Å². The normalized spacial score (nSPS) is 21.2. The fourth-order valence-corrected chi connectivity index (χ4v) is 3.22. The first-order valence-electron chi connectivity index (χ1n) is 8.69. The molecule has 0 saturated carbocycles. The second-order valence-corrected chi connectivity index (χ2v) is 14.3. The second-order valence-electron chi connectivity index (χ2n) is 8.64. The molecule has 1 heterocycles. The van der Waals surface area contributed by atoms with E-state index < -0.39 is 43.6 Å². The van der Waals surface area contributed by atoms with Gasteiger partial charge in [-0.05, 0) is 39.7 Å². The van der Waals surface area contributed by atoms with Crippen LogP contribution < -0.4 is 0 Å². The third-order valence-corrected chi connectivity index (χ3v) is 5.52. The zero-order chi connectivity index (χ0) is 19.4. The molecule has 0 unspecified atom stereocenters. The van der Waals surface area contributed by atoms with Crippen LogP contribution in [0, 0.1) is 5.92 Å². The van der Waals surface area contributed by atoms with Crippen molar-refractivity contribution in [1.29, 1.82) is 0 Å². The molecule has 0 bridgehead atoms. The van der Waals surface area contributed by atoms with E-state index >= 15 is 0 Å². The van der Waals surface area contributed by atoms with E-state index in [-0.39, 0.29) is 6.42 Å². The van der Waals surface area contributed by atoms with Crippen LogP contribution in [-0.2, 0) is 19.1 Å². The van der Waals surface area contributed by atoms with Gasteiger partial charge in [0.25, 0.3) is 0 Å². The van der Waals surface area contributed by atoms with Gasteiger partial charge in [0.2, 0.25) is 5.91 Å². The standard InChI is InChI=1S/C18H31NO5Si/c1-8-9-13-12-14(16(21)23-10-11-25(5,6)7)19(15(13)20)17(22)24-18(2,3)4/h8,13-14H,1,9-12H2,2-7H3/t13-,14-/m0/s1. The van der Waals surface area contributed by atoms with Crippen molar-refractivity contribution in [2.24, 2.45) is 5.92 Å². The summed E-state index contributed by atoms with van der Waals surface area (Å²) in [5.41, 5.74) is -0.750. The maximum absolute atomic E-state index is 12.5. The van der Waals surface area contributed by atoms with Crippen LogP contribution in [0.5, 0.6) is 0 Å². The van der Waals surface area contributed by atoms with Gasteiger partial charge in [0.05, 0.1) is 6.61 Å². The summed E-state index contributed by atoms with van der Waals surface area (Å²) < 4.78 is 10.7. The summed E-state index contributed by atoms with van der Waals surface area (Å²) in [7, 11) is -1.34. The average Bonchev–Trinajstić information content (AvgIpc) is 2.73. The van der Waals surface area contributed by atoms with Gasteiger partial charge in [0, 0.05) is 14.0 Å². The van der Waals surface area contributed by atoms with Crippen LogP contribution in [0.15, 0.2) is 12.7 Å². The number of likely N-dealkylation sites (tertiary alicyclic amines) is 1. The summed E-state index contributed by atoms with van der Waals surface area (Å²) in [5.74, 6) is -1.38. The maximum atomic E-state index is 12.5. The summed E-state index contributed by atoms with van der Waals surface area (Å²) in [5, 5.41) is 0. The predicted molar refractivity (Wildman–Crippen MR) is 98.9 cm³/mol. The summed E-state index contributed by atoms with van der Waals surface area (Å²) in [6.07, 6.45) is 1.48. The van der Waals surface area contributed by atoms with E-state index in [2.05, 4.69) is 26.2 Å². The van der Waals surface area contributed by atoms with Gasteiger partial charge in [-0.15, -0.1) is 6.58 Å². The van der Waals surface area contributed by atoms with Gasteiger partial charge in [0.1, 0.15) is 11.6 Å². The molecule has 1 aliphatic heterocycles. The Bertz CT molecular complexity index is 533. The maximum Gasteiger partial charge on any atom is 0.417 e. The lowest BCUT2D eigenvalue weighted by Crippen LogP contribution is -2.46. The molecule has 0 aromatic carbocycles. The number of esters is 1. The lowest BCUT2D eigenvalue weighted by Gasteiger charge is -2.26. The molecular weight excluding hydrogens is 338 g/mol. The van der Waals surface area contributed by atoms with E-state index in [1.54, 1.807) is 26.8 Å². The summed E-state index contributed by atoms with van der Waals surface area (Å²) in [4.78, 5) is 38.4. The third-order valence-electron chi connectivity index (χ3n) is 3.82. The summed E-state index contributed by atoms with van der Waals surface area (Å²) in [6, 6.07) is -0.0870. The van der Waals surface area contributed by atoms with Crippen LogP contribution in [0.2, 0.25) is 25.7 Å². The molecule has 0 aromatic heterocycles. The van der Waals surface area contributed by atoms with Crippen LogP contribution in [0.25, 0.3) is 0 Å². The third kappa shape index (κ3) is 6.64. The lowest BCUT2D eigenvalue weighted by atomic mass is 10.0. The van der Waals surface area contributed by atoms with Gasteiger partial charge >= 0.3 is 12.1 Å². The SMILES string of the molecule is C=CC[C@H]1C[C@@H](C(=O)OCC[Si](C)(C)C)N(C(=O)OC(C)(C)C)C1=O. The number of hydrogen-bond donors (Lipinski definition) is 0. The topological polar surface area (TPSA) is 72.9 Å². The molecule has 2 atom stereocenters. The van der Waals surface area contributed by atoms with Crippen molar-refractivity contribution in [3.63, 3.8) is 0 Å². The zero-order valence-corrected chi connectivity index (χ0v) is 17.3. The molecule has 1 aliphatic rings. The van der Waals surface area contributed by atoms with Crippen molar-refractivity contribution in [3.05, 3.63) is 12.7 Å². The highest BCUT2D eigenvalue weighted by molar-refractivity contribution is 6.76. The van der Waals surface area contributed by atoms with E-state index in [0.29, 0.717) is 13.0 Å². The van der Waals surface area contributed by atoms with Crippen LogP contribution in [0.1, 0.15) is 33.6 Å². The van der Waals surface area contributed by atoms with Crippen molar-refractivity contribution in [1.82, 2.24) is 4.90 Å². The molecule has 1 fully saturated rings. The molecule has 1 saturated heterocycles. The Morgan fingerprint density at radius 1 is 1.32 bits per heavy atom. The molecule has 7 heteroatoms. The minimum atomic E-state index is -1.34. The number of carbonyl (C=O) groups excluding carboxylic acids is 3. The van der Waals surface area contributed by atoms with E-state index in [1.165, 1.54) is 0 Å². The molecule has 0 spiro atoms. The largest absolute Gasteiger partial charge is 0.464 e. The molecule has 6 nitrogen and oxygen atoms in total. The minimum Gasteiger partial charge on any atom is -0.464 e. The number of amides is 2. The first-order valence-corrected chi connectivity index (χ1v) is 12.4. The van der Waals surface area contributed by atoms with Gasteiger partial charge in [-0.2, -0.15) is 0 Å². The van der Waals surface area contributed by atoms with Gasteiger partial charge in [0.15, 0.2) is 0 Å². The average molecular weight is 370 g/mol. The van der Waals surface area contributed by atoms with Crippen molar-refractivity contribution in [2.45, 2.75) is 70.9 Å². The Hall–Kier alpha value is -1.63. The van der Waals surface area contributed by atoms with Gasteiger partial charge < -0.3 is 9.47 Å². The van der Waals surface area contributed by atoms with E-state index in [4.69, 9.17) is 9.47 Å². The Morgan fingerprint density at radius 2 is 1.92 bits per heavy atom. The molecule has 0 aliphatic carbocycles. The highest BCUT2D eigenvalue weighted by atomic mass is 28.3. The number of hydrogen-bond acceptors (Lipinski definition) is 5.